The molecular weight excluding hydrogens is 162 g/mol. The molecule has 1 aromatic rings. The van der Waals surface area contributed by atoms with E-state index in [4.69, 9.17) is 11.5 Å². The molecule has 0 bridgehead atoms. The largest absolute Gasteiger partial charge is 0.329 e. The SMILES string of the molecule is NCC(N)c1cccc(F)c1F. The summed E-state index contributed by atoms with van der Waals surface area (Å²) in [4.78, 5) is 0. The van der Waals surface area contributed by atoms with Crippen molar-refractivity contribution in [1.29, 1.82) is 0 Å². The van der Waals surface area contributed by atoms with Crippen LogP contribution in [0.1, 0.15) is 11.6 Å². The molecule has 0 aliphatic rings. The highest BCUT2D eigenvalue weighted by atomic mass is 19.2. The van der Waals surface area contributed by atoms with E-state index in [1.165, 1.54) is 12.1 Å². The van der Waals surface area contributed by atoms with Crippen LogP contribution >= 0.6 is 0 Å². The second-order valence-corrected chi connectivity index (χ2v) is 2.49. The number of hydrogen-bond donors (Lipinski definition) is 2. The maximum absolute atomic E-state index is 12.9. The Balaban J connectivity index is 3.07. The number of nitrogens with two attached hydrogens (primary N) is 2. The first-order chi connectivity index (χ1) is 5.66. The Morgan fingerprint density at radius 2 is 2.00 bits per heavy atom. The van der Waals surface area contributed by atoms with Gasteiger partial charge in [0.05, 0.1) is 0 Å². The normalized spacial score (nSPS) is 13.0. The van der Waals surface area contributed by atoms with Gasteiger partial charge >= 0.3 is 0 Å². The fourth-order valence-electron chi connectivity index (χ4n) is 0.934. The number of benzene rings is 1. The van der Waals surface area contributed by atoms with Crippen molar-refractivity contribution in [2.24, 2.45) is 11.5 Å². The van der Waals surface area contributed by atoms with Crippen molar-refractivity contribution < 1.29 is 8.78 Å². The third kappa shape index (κ3) is 1.60. The molecule has 66 valence electrons. The van der Waals surface area contributed by atoms with E-state index in [1.54, 1.807) is 0 Å². The van der Waals surface area contributed by atoms with E-state index in [-0.39, 0.29) is 12.1 Å². The summed E-state index contributed by atoms with van der Waals surface area (Å²) in [6.07, 6.45) is 0. The second kappa shape index (κ2) is 3.60. The zero-order valence-electron chi connectivity index (χ0n) is 6.43. The van der Waals surface area contributed by atoms with Gasteiger partial charge in [0.2, 0.25) is 0 Å². The molecule has 0 aliphatic carbocycles. The lowest BCUT2D eigenvalue weighted by molar-refractivity contribution is 0.489. The van der Waals surface area contributed by atoms with E-state index in [9.17, 15) is 8.78 Å². The van der Waals surface area contributed by atoms with Crippen LogP contribution in [0.4, 0.5) is 8.78 Å². The average molecular weight is 172 g/mol. The Morgan fingerprint density at radius 1 is 1.33 bits per heavy atom. The van der Waals surface area contributed by atoms with Gasteiger partial charge in [0.1, 0.15) is 0 Å². The minimum Gasteiger partial charge on any atom is -0.329 e. The number of halogens is 2. The molecule has 1 unspecified atom stereocenters. The van der Waals surface area contributed by atoms with Crippen molar-refractivity contribution in [3.63, 3.8) is 0 Å². The van der Waals surface area contributed by atoms with Gasteiger partial charge in [-0.25, -0.2) is 8.78 Å². The van der Waals surface area contributed by atoms with Gasteiger partial charge in [0.25, 0.3) is 0 Å². The molecule has 0 aromatic heterocycles. The zero-order valence-corrected chi connectivity index (χ0v) is 6.43. The van der Waals surface area contributed by atoms with Crippen molar-refractivity contribution in [2.75, 3.05) is 6.54 Å². The minimum absolute atomic E-state index is 0.0976. The maximum Gasteiger partial charge on any atom is 0.163 e. The Labute approximate surface area is 69.2 Å². The van der Waals surface area contributed by atoms with Crippen LogP contribution in [0.15, 0.2) is 18.2 Å². The van der Waals surface area contributed by atoms with E-state index >= 15 is 0 Å². The van der Waals surface area contributed by atoms with Crippen molar-refractivity contribution in [1.82, 2.24) is 0 Å². The molecule has 0 saturated carbocycles. The first-order valence-electron chi connectivity index (χ1n) is 3.56. The van der Waals surface area contributed by atoms with Crippen LogP contribution < -0.4 is 11.5 Å². The molecule has 1 rings (SSSR count). The summed E-state index contributed by atoms with van der Waals surface area (Å²) in [6.45, 7) is 0.0976. The molecule has 0 heterocycles. The van der Waals surface area contributed by atoms with Gasteiger partial charge in [0, 0.05) is 18.2 Å². The third-order valence-corrected chi connectivity index (χ3v) is 1.63. The lowest BCUT2D eigenvalue weighted by Gasteiger charge is -2.09. The van der Waals surface area contributed by atoms with E-state index in [0.717, 1.165) is 6.07 Å². The molecule has 0 aliphatic heterocycles. The van der Waals surface area contributed by atoms with Crippen LogP contribution in [0, 0.1) is 11.6 Å². The highest BCUT2D eigenvalue weighted by Gasteiger charge is 2.12. The summed E-state index contributed by atoms with van der Waals surface area (Å²) in [7, 11) is 0. The van der Waals surface area contributed by atoms with E-state index in [1.807, 2.05) is 0 Å². The Morgan fingerprint density at radius 3 is 2.58 bits per heavy atom. The van der Waals surface area contributed by atoms with Gasteiger partial charge in [-0.1, -0.05) is 12.1 Å². The van der Waals surface area contributed by atoms with Crippen molar-refractivity contribution in [3.05, 3.63) is 35.4 Å². The topological polar surface area (TPSA) is 52.0 Å². The predicted octanol–water partition coefficient (Wildman–Crippen LogP) is 0.923. The second-order valence-electron chi connectivity index (χ2n) is 2.49. The molecule has 4 heteroatoms. The lowest BCUT2D eigenvalue weighted by Crippen LogP contribution is -2.22. The van der Waals surface area contributed by atoms with Crippen LogP contribution in [-0.2, 0) is 0 Å². The van der Waals surface area contributed by atoms with Crippen LogP contribution in [0.5, 0.6) is 0 Å². The number of hydrogen-bond acceptors (Lipinski definition) is 2. The predicted molar refractivity (Wildman–Crippen MR) is 42.3 cm³/mol. The molecule has 0 amide bonds. The smallest absolute Gasteiger partial charge is 0.163 e. The monoisotopic (exact) mass is 172 g/mol. The van der Waals surface area contributed by atoms with Crippen LogP contribution in [-0.4, -0.2) is 6.54 Å². The first kappa shape index (κ1) is 9.09. The zero-order chi connectivity index (χ0) is 9.14. The molecule has 0 radical (unpaired) electrons. The molecule has 1 aromatic carbocycles. The van der Waals surface area contributed by atoms with Crippen molar-refractivity contribution in [3.8, 4) is 0 Å². The summed E-state index contributed by atoms with van der Waals surface area (Å²) >= 11 is 0. The van der Waals surface area contributed by atoms with Gasteiger partial charge < -0.3 is 11.5 Å². The van der Waals surface area contributed by atoms with Gasteiger partial charge in [0.15, 0.2) is 11.6 Å². The fraction of sp³-hybridized carbons (Fsp3) is 0.250. The summed E-state index contributed by atoms with van der Waals surface area (Å²) < 4.78 is 25.5. The van der Waals surface area contributed by atoms with Crippen LogP contribution in [0.3, 0.4) is 0 Å². The van der Waals surface area contributed by atoms with E-state index < -0.39 is 17.7 Å². The van der Waals surface area contributed by atoms with Crippen molar-refractivity contribution >= 4 is 0 Å². The molecule has 2 nitrogen and oxygen atoms in total. The molecule has 0 spiro atoms. The fourth-order valence-corrected chi connectivity index (χ4v) is 0.934. The molecule has 0 fully saturated rings. The van der Waals surface area contributed by atoms with Gasteiger partial charge in [-0.2, -0.15) is 0 Å². The Kier molecular flexibility index (Phi) is 2.73. The van der Waals surface area contributed by atoms with Gasteiger partial charge in [-0.15, -0.1) is 0 Å². The van der Waals surface area contributed by atoms with E-state index in [2.05, 4.69) is 0 Å². The van der Waals surface area contributed by atoms with Crippen LogP contribution in [0.25, 0.3) is 0 Å². The van der Waals surface area contributed by atoms with Crippen molar-refractivity contribution in [2.45, 2.75) is 6.04 Å². The maximum atomic E-state index is 12.9. The molecule has 0 saturated heterocycles. The minimum atomic E-state index is -0.907. The Bertz CT molecular complexity index is 276. The lowest BCUT2D eigenvalue weighted by atomic mass is 10.1. The molecule has 4 N–H and O–H groups in total. The third-order valence-electron chi connectivity index (χ3n) is 1.63. The highest BCUT2D eigenvalue weighted by molar-refractivity contribution is 5.22. The molecule has 12 heavy (non-hydrogen) atoms. The summed E-state index contributed by atoms with van der Waals surface area (Å²) in [5.74, 6) is -1.80. The van der Waals surface area contributed by atoms with Crippen LogP contribution in [0.2, 0.25) is 0 Å². The molecular formula is C8H10F2N2. The van der Waals surface area contributed by atoms with Gasteiger partial charge in [-0.3, -0.25) is 0 Å². The number of rotatable bonds is 2. The summed E-state index contributed by atoms with van der Waals surface area (Å²) in [6, 6.07) is 3.24. The summed E-state index contributed by atoms with van der Waals surface area (Å²) in [5, 5.41) is 0. The Hall–Kier alpha value is -1.00. The summed E-state index contributed by atoms with van der Waals surface area (Å²) in [5.41, 5.74) is 10.8. The standard InChI is InChI=1S/C8H10F2N2/c9-6-3-1-2-5(8(6)10)7(12)4-11/h1-3,7H,4,11-12H2. The van der Waals surface area contributed by atoms with Gasteiger partial charge in [-0.05, 0) is 6.07 Å². The molecule has 1 atom stereocenters. The quantitative estimate of drug-likeness (QED) is 0.697. The highest BCUT2D eigenvalue weighted by Crippen LogP contribution is 2.16. The van der Waals surface area contributed by atoms with E-state index in [0.29, 0.717) is 0 Å². The average Bonchev–Trinajstić information content (AvgIpc) is 2.08. The first-order valence-corrected chi connectivity index (χ1v) is 3.56.